The van der Waals surface area contributed by atoms with Crippen LogP contribution in [0, 0.1) is 6.92 Å². The van der Waals surface area contributed by atoms with Gasteiger partial charge in [0.2, 0.25) is 6.33 Å². The number of carboxylic acids is 2. The van der Waals surface area contributed by atoms with Crippen LogP contribution in [-0.2, 0) is 0 Å². The summed E-state index contributed by atoms with van der Waals surface area (Å²) in [5, 5.41) is 18.7. The van der Waals surface area contributed by atoms with Crippen molar-refractivity contribution in [1.82, 2.24) is 4.98 Å². The first-order valence-electron chi connectivity index (χ1n) is 5.06. The van der Waals surface area contributed by atoms with Gasteiger partial charge in [0.05, 0.1) is 11.5 Å². The minimum absolute atomic E-state index is 0.0278. The number of hydrogen-bond donors (Lipinski definition) is 2. The van der Waals surface area contributed by atoms with E-state index < -0.39 is 11.9 Å². The van der Waals surface area contributed by atoms with E-state index in [1.54, 1.807) is 6.33 Å². The zero-order valence-corrected chi connectivity index (χ0v) is 9.64. The molecule has 0 saturated carbocycles. The van der Waals surface area contributed by atoms with Crippen molar-refractivity contribution in [2.75, 3.05) is 0 Å². The van der Waals surface area contributed by atoms with Crippen LogP contribution in [-0.4, -0.2) is 22.0 Å². The van der Waals surface area contributed by atoms with Gasteiger partial charge in [-0.05, 0) is 17.7 Å². The third-order valence-corrected chi connectivity index (χ3v) is 2.05. The predicted molar refractivity (Wildman–Crippen MR) is 59.8 cm³/mol. The summed E-state index contributed by atoms with van der Waals surface area (Å²) in [6.45, 7) is 2.00. The molecule has 1 heterocycles. The van der Waals surface area contributed by atoms with Crippen molar-refractivity contribution in [1.29, 1.82) is 0 Å². The van der Waals surface area contributed by atoms with E-state index in [9.17, 15) is 14.7 Å². The van der Waals surface area contributed by atoms with Crippen LogP contribution in [0.1, 0.15) is 26.4 Å². The molecule has 0 aliphatic carbocycles. The molecule has 94 valence electrons. The first-order valence-corrected chi connectivity index (χ1v) is 5.06. The fraction of sp³-hybridized carbons (Fsp3) is 0.0833. The average molecular weight is 248 g/mol. The fourth-order valence-corrected chi connectivity index (χ4v) is 1.11. The zero-order valence-electron chi connectivity index (χ0n) is 9.64. The topological polar surface area (TPSA) is 107 Å². The molecule has 6 nitrogen and oxygen atoms in total. The summed E-state index contributed by atoms with van der Waals surface area (Å²) in [5.41, 5.74) is 1.19. The monoisotopic (exact) mass is 248 g/mol. The Bertz CT molecular complexity index is 485. The second-order valence-corrected chi connectivity index (χ2v) is 3.45. The molecule has 0 aliphatic heterocycles. The van der Waals surface area contributed by atoms with Crippen LogP contribution in [0.3, 0.4) is 0 Å². The van der Waals surface area contributed by atoms with Gasteiger partial charge in [-0.1, -0.05) is 12.1 Å². The van der Waals surface area contributed by atoms with E-state index in [0.717, 1.165) is 5.69 Å². The number of aryl methyl sites for hydroxylation is 1. The highest BCUT2D eigenvalue weighted by molar-refractivity contribution is 5.90. The van der Waals surface area contributed by atoms with Crippen LogP contribution >= 0.6 is 0 Å². The Hall–Kier alpha value is -2.63. The average Bonchev–Trinajstić information content (AvgIpc) is 2.81. The maximum atomic E-state index is 10.3. The van der Waals surface area contributed by atoms with Gasteiger partial charge >= 0.3 is 5.97 Å². The molecule has 3 N–H and O–H groups in total. The summed E-state index contributed by atoms with van der Waals surface area (Å²) >= 11 is 0. The maximum Gasteiger partial charge on any atom is 0.335 e. The first kappa shape index (κ1) is 13.4. The largest absolute Gasteiger partial charge is 0.545 e. The summed E-state index contributed by atoms with van der Waals surface area (Å²) in [6, 6.07) is 4.82. The number of H-pyrrole nitrogens is 2. The molecule has 0 fully saturated rings. The standard InChI is InChI=1S/C8H6O4.C4H6N2/c9-7(10)5-1-2-6(4-3-5)8(11)12;1-4-2-5-3-6-4/h1-4H,(H,9,10)(H,11,12);2-3H,1H3,(H,5,6). The molecule has 0 aliphatic rings. The molecule has 1 aromatic carbocycles. The van der Waals surface area contributed by atoms with Crippen molar-refractivity contribution in [3.8, 4) is 0 Å². The van der Waals surface area contributed by atoms with Crippen LogP contribution in [0.25, 0.3) is 0 Å². The van der Waals surface area contributed by atoms with E-state index in [1.165, 1.54) is 24.3 Å². The van der Waals surface area contributed by atoms with Gasteiger partial charge in [-0.2, -0.15) is 0 Å². The van der Waals surface area contributed by atoms with Gasteiger partial charge in [0.15, 0.2) is 0 Å². The molecule has 0 unspecified atom stereocenters. The number of carbonyl (C=O) groups excluding carboxylic acids is 1. The highest BCUT2D eigenvalue weighted by Crippen LogP contribution is 2.02. The lowest BCUT2D eigenvalue weighted by Gasteiger charge is -2.00. The van der Waals surface area contributed by atoms with Crippen molar-refractivity contribution in [2.24, 2.45) is 0 Å². The molecular formula is C12H12N2O4. The lowest BCUT2D eigenvalue weighted by molar-refractivity contribution is -0.376. The zero-order chi connectivity index (χ0) is 13.5. The Morgan fingerprint density at radius 2 is 1.78 bits per heavy atom. The van der Waals surface area contributed by atoms with Crippen LogP contribution in [0.15, 0.2) is 36.8 Å². The van der Waals surface area contributed by atoms with Crippen LogP contribution in [0.2, 0.25) is 0 Å². The van der Waals surface area contributed by atoms with Crippen molar-refractivity contribution in [2.45, 2.75) is 6.92 Å². The van der Waals surface area contributed by atoms with E-state index >= 15 is 0 Å². The quantitative estimate of drug-likeness (QED) is 0.772. The summed E-state index contributed by atoms with van der Waals surface area (Å²) in [7, 11) is 0. The number of nitrogens with one attached hydrogen (secondary N) is 2. The molecule has 0 saturated heterocycles. The molecule has 0 radical (unpaired) electrons. The van der Waals surface area contributed by atoms with Crippen molar-refractivity contribution >= 4 is 11.9 Å². The van der Waals surface area contributed by atoms with E-state index in [1.807, 2.05) is 13.1 Å². The lowest BCUT2D eigenvalue weighted by atomic mass is 10.1. The molecule has 2 aromatic rings. The minimum Gasteiger partial charge on any atom is -0.545 e. The first-order chi connectivity index (χ1) is 8.50. The van der Waals surface area contributed by atoms with Crippen molar-refractivity contribution in [3.63, 3.8) is 0 Å². The van der Waals surface area contributed by atoms with Gasteiger partial charge in [0.25, 0.3) is 0 Å². The number of rotatable bonds is 2. The highest BCUT2D eigenvalue weighted by atomic mass is 16.4. The van der Waals surface area contributed by atoms with Gasteiger partial charge in [-0.25, -0.2) is 9.78 Å². The van der Waals surface area contributed by atoms with E-state index in [2.05, 4.69) is 9.97 Å². The Morgan fingerprint density at radius 1 is 1.22 bits per heavy atom. The predicted octanol–water partition coefficient (Wildman–Crippen LogP) is -0.114. The van der Waals surface area contributed by atoms with Crippen LogP contribution in [0.5, 0.6) is 0 Å². The Kier molecular flexibility index (Phi) is 4.62. The summed E-state index contributed by atoms with van der Waals surface area (Å²) in [5.74, 6) is -2.40. The molecule has 2 rings (SSSR count). The second-order valence-electron chi connectivity index (χ2n) is 3.45. The number of hydrogen-bond acceptors (Lipinski definition) is 3. The van der Waals surface area contributed by atoms with Gasteiger partial charge in [-0.15, -0.1) is 0 Å². The maximum absolute atomic E-state index is 10.3. The molecule has 0 atom stereocenters. The number of aromatic amines is 2. The fourth-order valence-electron chi connectivity index (χ4n) is 1.11. The Balaban J connectivity index is 0.000000225. The number of carboxylic acid groups (broad SMARTS) is 2. The Labute approximate surface area is 103 Å². The van der Waals surface area contributed by atoms with Crippen LogP contribution < -0.4 is 10.1 Å². The number of aromatic carboxylic acids is 2. The lowest BCUT2D eigenvalue weighted by Crippen LogP contribution is -2.22. The Morgan fingerprint density at radius 3 is 2.06 bits per heavy atom. The molecule has 0 bridgehead atoms. The van der Waals surface area contributed by atoms with Gasteiger partial charge in [-0.3, -0.25) is 4.98 Å². The van der Waals surface area contributed by atoms with Crippen molar-refractivity contribution in [3.05, 3.63) is 53.6 Å². The minimum atomic E-state index is -1.31. The number of imidazole rings is 1. The second kappa shape index (κ2) is 6.19. The third-order valence-electron chi connectivity index (χ3n) is 2.05. The molecular weight excluding hydrogens is 236 g/mol. The molecule has 0 spiro atoms. The van der Waals surface area contributed by atoms with Gasteiger partial charge in [0.1, 0.15) is 11.9 Å². The normalized spacial score (nSPS) is 9.17. The SMILES string of the molecule is Cc1c[nH+]c[nH]1.O=C([O-])c1ccc(C(=O)O)cc1. The van der Waals surface area contributed by atoms with E-state index in [4.69, 9.17) is 5.11 Å². The smallest absolute Gasteiger partial charge is 0.335 e. The molecule has 0 amide bonds. The van der Waals surface area contributed by atoms with Crippen LogP contribution in [0.4, 0.5) is 0 Å². The highest BCUT2D eigenvalue weighted by Gasteiger charge is 2.00. The van der Waals surface area contributed by atoms with E-state index in [0.29, 0.717) is 0 Å². The van der Waals surface area contributed by atoms with Crippen molar-refractivity contribution < 1.29 is 24.8 Å². The molecule has 6 heteroatoms. The van der Waals surface area contributed by atoms with Gasteiger partial charge < -0.3 is 15.0 Å². The number of carbonyl (C=O) groups is 2. The third kappa shape index (κ3) is 4.09. The summed E-state index contributed by atoms with van der Waals surface area (Å²) in [4.78, 5) is 26.4. The summed E-state index contributed by atoms with van der Waals surface area (Å²) in [6.07, 6.45) is 3.69. The summed E-state index contributed by atoms with van der Waals surface area (Å²) < 4.78 is 0. The van der Waals surface area contributed by atoms with E-state index in [-0.39, 0.29) is 11.1 Å². The molecule has 1 aromatic heterocycles. The number of aromatic nitrogens is 2. The van der Waals surface area contributed by atoms with Gasteiger partial charge in [0, 0.05) is 6.92 Å². The molecule has 18 heavy (non-hydrogen) atoms. The number of benzene rings is 1.